The van der Waals surface area contributed by atoms with Crippen molar-refractivity contribution in [1.82, 2.24) is 0 Å². The lowest BCUT2D eigenvalue weighted by Crippen LogP contribution is -2.02. The van der Waals surface area contributed by atoms with Crippen LogP contribution in [0.5, 0.6) is 11.5 Å². The highest BCUT2D eigenvalue weighted by molar-refractivity contribution is 9.10. The van der Waals surface area contributed by atoms with Crippen LogP contribution in [0.25, 0.3) is 0 Å². The number of methoxy groups -OCH3 is 2. The van der Waals surface area contributed by atoms with Gasteiger partial charge in [-0.1, -0.05) is 15.9 Å². The van der Waals surface area contributed by atoms with E-state index in [4.69, 9.17) is 14.6 Å². The van der Waals surface area contributed by atoms with Crippen LogP contribution in [-0.4, -0.2) is 25.3 Å². The molecule has 0 amide bonds. The van der Waals surface area contributed by atoms with Crippen molar-refractivity contribution in [3.05, 3.63) is 21.7 Å². The number of rotatable bonds is 5. The predicted octanol–water partition coefficient (Wildman–Crippen LogP) is 2.79. The molecule has 0 heterocycles. The average Bonchev–Trinajstić information content (AvgIpc) is 2.29. The summed E-state index contributed by atoms with van der Waals surface area (Å²) in [7, 11) is 3.12. The molecule has 1 aromatic carbocycles. The highest BCUT2D eigenvalue weighted by atomic mass is 79.9. The van der Waals surface area contributed by atoms with E-state index in [2.05, 4.69) is 15.9 Å². The number of carboxylic acids is 1. The Morgan fingerprint density at radius 2 is 1.94 bits per heavy atom. The largest absolute Gasteiger partial charge is 0.493 e. The average molecular weight is 303 g/mol. The van der Waals surface area contributed by atoms with E-state index in [0.717, 1.165) is 15.6 Å². The number of ether oxygens (including phenoxy) is 2. The SMILES string of the molecule is COc1c(CCC(=O)O)cc(Br)c(C)c1OC. The van der Waals surface area contributed by atoms with Gasteiger partial charge in [-0.15, -0.1) is 0 Å². The number of aryl methyl sites for hydroxylation is 1. The van der Waals surface area contributed by atoms with Crippen LogP contribution >= 0.6 is 15.9 Å². The molecule has 0 aliphatic heterocycles. The van der Waals surface area contributed by atoms with E-state index in [1.165, 1.54) is 0 Å². The molecule has 0 aliphatic rings. The van der Waals surface area contributed by atoms with Crippen molar-refractivity contribution in [3.8, 4) is 11.5 Å². The Morgan fingerprint density at radius 3 is 2.41 bits per heavy atom. The summed E-state index contributed by atoms with van der Waals surface area (Å²) in [6.07, 6.45) is 0.475. The minimum atomic E-state index is -0.831. The molecule has 0 atom stereocenters. The fraction of sp³-hybridized carbons (Fsp3) is 0.417. The third kappa shape index (κ3) is 3.12. The Bertz CT molecular complexity index is 429. The molecule has 1 rings (SSSR count). The zero-order chi connectivity index (χ0) is 13.0. The molecule has 0 radical (unpaired) electrons. The normalized spacial score (nSPS) is 10.1. The number of benzene rings is 1. The number of halogens is 1. The van der Waals surface area contributed by atoms with Gasteiger partial charge in [0.15, 0.2) is 11.5 Å². The monoisotopic (exact) mass is 302 g/mol. The second kappa shape index (κ2) is 5.91. The summed E-state index contributed by atoms with van der Waals surface area (Å²) in [4.78, 5) is 10.6. The molecule has 0 unspecified atom stereocenters. The van der Waals surface area contributed by atoms with Crippen molar-refractivity contribution in [2.24, 2.45) is 0 Å². The fourth-order valence-corrected chi connectivity index (χ4v) is 2.10. The van der Waals surface area contributed by atoms with Crippen LogP contribution in [-0.2, 0) is 11.2 Å². The summed E-state index contributed by atoms with van der Waals surface area (Å²) in [5, 5.41) is 8.70. The summed E-state index contributed by atoms with van der Waals surface area (Å²) in [6, 6.07) is 1.87. The molecule has 0 saturated heterocycles. The lowest BCUT2D eigenvalue weighted by atomic mass is 10.0. The quantitative estimate of drug-likeness (QED) is 0.909. The van der Waals surface area contributed by atoms with Crippen LogP contribution in [0.3, 0.4) is 0 Å². The van der Waals surface area contributed by atoms with E-state index in [-0.39, 0.29) is 6.42 Å². The molecule has 94 valence electrons. The van der Waals surface area contributed by atoms with Crippen molar-refractivity contribution < 1.29 is 19.4 Å². The van der Waals surface area contributed by atoms with Crippen molar-refractivity contribution >= 4 is 21.9 Å². The van der Waals surface area contributed by atoms with E-state index in [9.17, 15) is 4.79 Å². The van der Waals surface area contributed by atoms with Crippen LogP contribution in [0.1, 0.15) is 17.5 Å². The standard InChI is InChI=1S/C12H15BrO4/c1-7-9(13)6-8(4-5-10(14)15)12(17-3)11(7)16-2/h6H,4-5H2,1-3H3,(H,14,15). The van der Waals surface area contributed by atoms with Crippen LogP contribution in [0.15, 0.2) is 10.5 Å². The molecule has 0 aliphatic carbocycles. The maximum Gasteiger partial charge on any atom is 0.303 e. The summed E-state index contributed by atoms with van der Waals surface area (Å²) < 4.78 is 11.5. The summed E-state index contributed by atoms with van der Waals surface area (Å²) in [6.45, 7) is 1.91. The maximum absolute atomic E-state index is 10.6. The van der Waals surface area contributed by atoms with Gasteiger partial charge in [-0.05, 0) is 25.0 Å². The first kappa shape index (κ1) is 13.8. The minimum Gasteiger partial charge on any atom is -0.493 e. The van der Waals surface area contributed by atoms with E-state index >= 15 is 0 Å². The van der Waals surface area contributed by atoms with Gasteiger partial charge in [-0.25, -0.2) is 0 Å². The topological polar surface area (TPSA) is 55.8 Å². The first-order valence-electron chi connectivity index (χ1n) is 5.13. The van der Waals surface area contributed by atoms with E-state index < -0.39 is 5.97 Å². The number of hydrogen-bond donors (Lipinski definition) is 1. The van der Waals surface area contributed by atoms with Crippen LogP contribution in [0, 0.1) is 6.92 Å². The first-order valence-corrected chi connectivity index (χ1v) is 5.92. The Morgan fingerprint density at radius 1 is 1.35 bits per heavy atom. The van der Waals surface area contributed by atoms with Crippen molar-refractivity contribution in [2.45, 2.75) is 19.8 Å². The molecular formula is C12H15BrO4. The molecule has 0 bridgehead atoms. The summed E-state index contributed by atoms with van der Waals surface area (Å²) in [5.74, 6) is 0.416. The summed E-state index contributed by atoms with van der Waals surface area (Å²) in [5.41, 5.74) is 1.76. The van der Waals surface area contributed by atoms with Crippen LogP contribution in [0.2, 0.25) is 0 Å². The second-order valence-corrected chi connectivity index (χ2v) is 4.46. The van der Waals surface area contributed by atoms with Gasteiger partial charge in [-0.2, -0.15) is 0 Å². The van der Waals surface area contributed by atoms with Gasteiger partial charge < -0.3 is 14.6 Å². The lowest BCUT2D eigenvalue weighted by Gasteiger charge is -2.16. The maximum atomic E-state index is 10.6. The van der Waals surface area contributed by atoms with Crippen LogP contribution < -0.4 is 9.47 Å². The smallest absolute Gasteiger partial charge is 0.303 e. The molecule has 1 aromatic rings. The van der Waals surface area contributed by atoms with E-state index in [0.29, 0.717) is 17.9 Å². The second-order valence-electron chi connectivity index (χ2n) is 3.60. The number of hydrogen-bond acceptors (Lipinski definition) is 3. The van der Waals surface area contributed by atoms with Crippen molar-refractivity contribution in [1.29, 1.82) is 0 Å². The Hall–Kier alpha value is -1.23. The predicted molar refractivity (Wildman–Crippen MR) is 67.9 cm³/mol. The van der Waals surface area contributed by atoms with Gasteiger partial charge >= 0.3 is 5.97 Å². The Labute approximate surface area is 109 Å². The van der Waals surface area contributed by atoms with Gasteiger partial charge in [0.1, 0.15) is 0 Å². The van der Waals surface area contributed by atoms with Gasteiger partial charge in [0.2, 0.25) is 0 Å². The van der Waals surface area contributed by atoms with Gasteiger partial charge in [0, 0.05) is 16.5 Å². The third-order valence-corrected chi connectivity index (χ3v) is 3.34. The first-order chi connectivity index (χ1) is 8.01. The molecule has 5 heteroatoms. The Kier molecular flexibility index (Phi) is 4.81. The molecule has 17 heavy (non-hydrogen) atoms. The van der Waals surface area contributed by atoms with Gasteiger partial charge in [0.05, 0.1) is 14.2 Å². The molecular weight excluding hydrogens is 288 g/mol. The minimum absolute atomic E-state index is 0.0645. The third-order valence-electron chi connectivity index (χ3n) is 2.51. The zero-order valence-electron chi connectivity index (χ0n) is 10.0. The molecule has 4 nitrogen and oxygen atoms in total. The zero-order valence-corrected chi connectivity index (χ0v) is 11.6. The van der Waals surface area contributed by atoms with Crippen molar-refractivity contribution in [3.63, 3.8) is 0 Å². The Balaban J connectivity index is 3.19. The number of aliphatic carboxylic acids is 1. The molecule has 0 aromatic heterocycles. The molecule has 0 saturated carbocycles. The lowest BCUT2D eigenvalue weighted by molar-refractivity contribution is -0.136. The highest BCUT2D eigenvalue weighted by Gasteiger charge is 2.16. The summed E-state index contributed by atoms with van der Waals surface area (Å²) >= 11 is 3.43. The molecule has 1 N–H and O–H groups in total. The highest BCUT2D eigenvalue weighted by Crippen LogP contribution is 2.39. The van der Waals surface area contributed by atoms with Crippen molar-refractivity contribution in [2.75, 3.05) is 14.2 Å². The van der Waals surface area contributed by atoms with Gasteiger partial charge in [-0.3, -0.25) is 4.79 Å². The van der Waals surface area contributed by atoms with Crippen LogP contribution in [0.4, 0.5) is 0 Å². The van der Waals surface area contributed by atoms with E-state index in [1.54, 1.807) is 14.2 Å². The van der Waals surface area contributed by atoms with E-state index in [1.807, 2.05) is 13.0 Å². The number of carboxylic acid groups (broad SMARTS) is 1. The molecule has 0 fully saturated rings. The fourth-order valence-electron chi connectivity index (χ4n) is 1.65. The van der Waals surface area contributed by atoms with Gasteiger partial charge in [0.25, 0.3) is 0 Å². The molecule has 0 spiro atoms. The number of carbonyl (C=O) groups is 1.